The number of rotatable bonds is 34. The van der Waals surface area contributed by atoms with Crippen LogP contribution >= 0.6 is 63.4 Å². The lowest BCUT2D eigenvalue weighted by Crippen LogP contribution is -2.26. The fraction of sp³-hybridized carbons (Fsp3) is 0.675. The molecule has 748 valence electrons. The Labute approximate surface area is 835 Å². The molecule has 0 bridgehead atoms. The van der Waals surface area contributed by atoms with E-state index >= 15 is 0 Å². The summed E-state index contributed by atoms with van der Waals surface area (Å²) in [6.07, 6.45) is 119. The molecule has 0 amide bonds. The lowest BCUT2D eigenvalue weighted by atomic mass is 10.2. The molecule has 21 heteroatoms. The number of hydrogen-bond donors (Lipinski definition) is 0. The van der Waals surface area contributed by atoms with E-state index in [9.17, 15) is 0 Å². The molecular weight excluding hydrogens is 1800 g/mol. The van der Waals surface area contributed by atoms with Gasteiger partial charge in [-0.1, -0.05) is 173 Å². The van der Waals surface area contributed by atoms with Crippen LogP contribution in [0, 0.1) is 6.92 Å². The van der Waals surface area contributed by atoms with E-state index in [4.69, 9.17) is 0 Å². The van der Waals surface area contributed by atoms with Crippen molar-refractivity contribution in [2.75, 3.05) is 89.3 Å². The van der Waals surface area contributed by atoms with Gasteiger partial charge in [0.15, 0.2) is 12.4 Å². The Morgan fingerprint density at radius 3 is 0.800 bits per heavy atom. The maximum atomic E-state index is 4.51. The van der Waals surface area contributed by atoms with Crippen molar-refractivity contribution in [1.82, 2.24) is 53.2 Å². The molecule has 13 nitrogen and oxygen atoms in total. The molecule has 135 heavy (non-hydrogen) atoms. The van der Waals surface area contributed by atoms with Crippen molar-refractivity contribution in [2.45, 2.75) is 387 Å². The second-order valence-corrected chi connectivity index (χ2v) is 63.6. The highest BCUT2D eigenvalue weighted by atomic mass is 31.1. The van der Waals surface area contributed by atoms with Crippen LogP contribution in [-0.4, -0.2) is 199 Å². The summed E-state index contributed by atoms with van der Waals surface area (Å²) in [6.45, 7) is 20.6. The molecule has 9 aromatic rings. The molecule has 0 radical (unpaired) electrons. The highest BCUT2D eigenvalue weighted by molar-refractivity contribution is 7.60. The van der Waals surface area contributed by atoms with E-state index in [0.29, 0.717) is 23.8 Å². The number of aromatic nitrogens is 13. The van der Waals surface area contributed by atoms with Gasteiger partial charge in [0.1, 0.15) is 19.4 Å². The average Bonchev–Trinajstić information content (AvgIpc) is 1.74. The molecule has 0 aromatic carbocycles. The number of imidazole rings is 4. The van der Waals surface area contributed by atoms with Crippen LogP contribution in [0.2, 0.25) is 0 Å². The van der Waals surface area contributed by atoms with Crippen molar-refractivity contribution in [2.24, 2.45) is 14.1 Å². The van der Waals surface area contributed by atoms with E-state index < -0.39 is 0 Å². The first-order valence-corrected chi connectivity index (χ1v) is 68.9. The van der Waals surface area contributed by atoms with Crippen LogP contribution in [0.25, 0.3) is 0 Å². The van der Waals surface area contributed by atoms with Crippen LogP contribution in [0.5, 0.6) is 0 Å². The lowest BCUT2D eigenvalue weighted by Gasteiger charge is -2.30. The fourth-order valence-corrected chi connectivity index (χ4v) is 43.9. The van der Waals surface area contributed by atoms with Crippen molar-refractivity contribution in [3.63, 3.8) is 0 Å². The summed E-state index contributed by atoms with van der Waals surface area (Å²) in [5.74, 6) is 0. The van der Waals surface area contributed by atoms with Gasteiger partial charge in [-0.15, -0.1) is 39.6 Å². The molecule has 10 aliphatic rings. The van der Waals surface area contributed by atoms with Crippen molar-refractivity contribution in [1.29, 1.82) is 0 Å². The van der Waals surface area contributed by atoms with Crippen molar-refractivity contribution in [3.8, 4) is 0 Å². The van der Waals surface area contributed by atoms with Gasteiger partial charge >= 0.3 is 0 Å². The monoisotopic (exact) mass is 1990 g/mol. The first-order chi connectivity index (χ1) is 65.2. The van der Waals surface area contributed by atoms with Crippen LogP contribution in [0.1, 0.15) is 300 Å². The first kappa shape index (κ1) is 115. The Kier molecular flexibility index (Phi) is 58.0. The third kappa shape index (κ3) is 44.8. The highest BCUT2D eigenvalue weighted by Crippen LogP contribution is 2.62. The fourth-order valence-electron chi connectivity index (χ4n) is 22.5. The second-order valence-electron chi connectivity index (χ2n) is 41.1. The molecule has 9 aromatic heterocycles. The van der Waals surface area contributed by atoms with Crippen LogP contribution in [0.4, 0.5) is 0 Å². The number of hydrogen-bond acceptors (Lipinski definition) is 7. The predicted molar refractivity (Wildman–Crippen MR) is 602 cm³/mol. The summed E-state index contributed by atoms with van der Waals surface area (Å²) in [4.78, 5) is 28.6. The smallest absolute Gasteiger partial charge is 0.243 e. The zero-order chi connectivity index (χ0) is 92.9. The van der Waals surface area contributed by atoms with Gasteiger partial charge in [0.2, 0.25) is 6.33 Å². The quantitative estimate of drug-likeness (QED) is 0.0291. The molecule has 10 fully saturated rings. The van der Waals surface area contributed by atoms with Crippen LogP contribution in [0.3, 0.4) is 0 Å². The predicted octanol–water partition coefficient (Wildman–Crippen LogP) is 30.6. The third-order valence-electron chi connectivity index (χ3n) is 30.2. The van der Waals surface area contributed by atoms with E-state index in [1.807, 2.05) is 106 Å². The summed E-state index contributed by atoms with van der Waals surface area (Å²) in [5.41, 5.74) is 18.1. The minimum absolute atomic E-state index is 0. The van der Waals surface area contributed by atoms with Gasteiger partial charge in [0.25, 0.3) is 0 Å². The standard InChI is InChI=1S/C18H29NP.2C17H26NP.C16H28N2P.C15H25N2P.C9H14NP.2C7H13N2P.C6H7N.2CH4/c1-19-13-10-16(11-14-19)12-15-20(17-6-2-3-7-17)18-8-4-5-9-18;1-2-9-16(8-1)19(17-10-3-4-11-17)14-12-15-7-5-6-13-18-15;1-2-6-16(5-1)19(17-7-3-4-8-17)14-11-15-9-12-18-13-10-15;1-17-10-11-18(14-17)12-13-19(15-6-2-3-7-15)16-8-4-5-9-16;1-2-6-14(5-1)18(15-7-3-4-8-15)12-11-17-10-9-16-13-17;1-11(2)8-5-9-3-6-10-7-4-9;2*1-10(2)6-5-9-4-3-8-7-9;1-6-2-4-7-5-3-6;;/h10-11,13-14,17-18H,2-9,12,15H2,1H3;5-7,13,16-17H,1-4,8-12,14H2;9-10,12-13,16-17H,1-8,11,14H2;10-11,14-16H,2-9,12-13H2,1H3;9-10,13-15H,1-8,11-12H2;3-4,6-7H,5,8H2,1-2H3;2*3-4,7H,5-6H2,1-2H3;2-5H,1H3;2*1H4/q+1;;;+1;;;;;;;. The highest BCUT2D eigenvalue weighted by Gasteiger charge is 2.38. The lowest BCUT2D eigenvalue weighted by molar-refractivity contribution is -0.671. The molecule has 19 rings (SSSR count). The maximum Gasteiger partial charge on any atom is 0.243 e. The van der Waals surface area contributed by atoms with Gasteiger partial charge in [-0.05, 0) is 372 Å². The van der Waals surface area contributed by atoms with Crippen molar-refractivity contribution < 1.29 is 9.13 Å². The Balaban J connectivity index is 0.000000173. The third-order valence-corrected chi connectivity index (χ3v) is 51.7. The normalized spacial score (nSPS) is 18.1. The summed E-state index contributed by atoms with van der Waals surface area (Å²) in [5, 5.41) is 0. The average molecular weight is 1990 g/mol. The number of pyridine rings is 5. The number of nitrogens with zero attached hydrogens (tertiary/aromatic N) is 13. The van der Waals surface area contributed by atoms with Crippen LogP contribution < -0.4 is 9.13 Å². The molecule has 0 N–H and O–H groups in total. The zero-order valence-corrected chi connectivity index (χ0v) is 91.9. The second kappa shape index (κ2) is 68.3. The zero-order valence-electron chi connectivity index (χ0n) is 84.7. The molecule has 0 spiro atoms. The Hall–Kier alpha value is -3.97. The van der Waals surface area contributed by atoms with Gasteiger partial charge in [-0.25, -0.2) is 28.7 Å². The number of aryl methyl sites for hydroxylation is 11. The largest absolute Gasteiger partial charge is 0.337 e. The molecular formula is C114H189N13P8+2. The topological polar surface area (TPSA) is 118 Å². The van der Waals surface area contributed by atoms with E-state index in [1.54, 1.807) is 95.0 Å². The molecule has 0 aliphatic heterocycles. The Morgan fingerprint density at radius 1 is 0.267 bits per heavy atom. The summed E-state index contributed by atoms with van der Waals surface area (Å²) in [6, 6.07) is 23.5. The van der Waals surface area contributed by atoms with Crippen molar-refractivity contribution >= 4 is 63.4 Å². The van der Waals surface area contributed by atoms with Crippen molar-refractivity contribution in [3.05, 3.63) is 225 Å². The van der Waals surface area contributed by atoms with E-state index in [1.165, 1.54) is 290 Å². The van der Waals surface area contributed by atoms with Gasteiger partial charge < -0.3 is 13.7 Å². The summed E-state index contributed by atoms with van der Waals surface area (Å²) >= 11 is 0. The molecule has 9 heterocycles. The van der Waals surface area contributed by atoms with Gasteiger partial charge in [0.05, 0.1) is 32.6 Å². The maximum absolute atomic E-state index is 4.51. The Morgan fingerprint density at radius 2 is 0.541 bits per heavy atom. The minimum atomic E-state index is 0. The summed E-state index contributed by atoms with van der Waals surface area (Å²) in [7, 11) is 6.41. The van der Waals surface area contributed by atoms with E-state index in [-0.39, 0.29) is 54.5 Å². The first-order valence-electron chi connectivity index (χ1n) is 53.3. The molecule has 0 saturated heterocycles. The molecule has 10 saturated carbocycles. The van der Waals surface area contributed by atoms with Gasteiger partial charge in [0, 0.05) is 124 Å². The van der Waals surface area contributed by atoms with Gasteiger partial charge in [-0.3, -0.25) is 19.9 Å². The van der Waals surface area contributed by atoms with Gasteiger partial charge in [-0.2, -0.15) is 0 Å². The van der Waals surface area contributed by atoms with E-state index in [0.717, 1.165) is 69.7 Å². The molecule has 0 atom stereocenters. The SMILES string of the molecule is C.C.CP(C)CCc1ccncc1.CP(C)CCn1ccnc1.CP(C)CCn1ccnc1.C[n+]1ccc(CCP(C2CCCC2)C2CCCC2)cc1.C[n+]1ccn(CCP(C2CCCC2)C2CCCC2)c1.Cc1ccncc1.c1cc(CCP(C2CCCC2)C2CCCC2)ccn1.c1ccc(CCP(C2CCCC2)C2CCCC2)nc1.c1cn(CCP(C2CCCC2)C2CCCC2)cn1. The van der Waals surface area contributed by atoms with Crippen LogP contribution in [-0.2, 0) is 66.0 Å². The minimum Gasteiger partial charge on any atom is -0.337 e. The summed E-state index contributed by atoms with van der Waals surface area (Å²) < 4.78 is 13.2. The Bertz CT molecular complexity index is 4040. The van der Waals surface area contributed by atoms with E-state index in [2.05, 4.69) is 202 Å². The van der Waals surface area contributed by atoms with Crippen LogP contribution in [0.15, 0.2) is 197 Å². The molecule has 0 unspecified atom stereocenters. The molecule has 10 aliphatic carbocycles.